The Hall–Kier alpha value is -4.00. The van der Waals surface area contributed by atoms with Gasteiger partial charge in [0.1, 0.15) is 22.6 Å². The number of hydrogen-bond donors (Lipinski definition) is 1. The number of fused-ring (bicyclic) bond motifs is 1. The van der Waals surface area contributed by atoms with Gasteiger partial charge in [-0.05, 0) is 66.2 Å². The molecular formula is C22H17FN4O2. The Kier molecular flexibility index (Phi) is 5.03. The molecule has 0 saturated carbocycles. The zero-order valence-electron chi connectivity index (χ0n) is 15.5. The third-order valence-corrected chi connectivity index (χ3v) is 4.25. The highest BCUT2D eigenvalue weighted by molar-refractivity contribution is 6.02. The van der Waals surface area contributed by atoms with Crippen LogP contribution in [0.2, 0.25) is 0 Å². The van der Waals surface area contributed by atoms with Gasteiger partial charge in [-0.1, -0.05) is 12.1 Å². The van der Waals surface area contributed by atoms with Crippen molar-refractivity contribution < 1.29 is 13.9 Å². The summed E-state index contributed by atoms with van der Waals surface area (Å²) in [6.07, 6.45) is 3.18. The minimum Gasteiger partial charge on any atom is -0.497 e. The average molecular weight is 388 g/mol. The maximum Gasteiger partial charge on any atom is 0.248 e. The monoisotopic (exact) mass is 388 g/mol. The van der Waals surface area contributed by atoms with Gasteiger partial charge in [0, 0.05) is 11.8 Å². The van der Waals surface area contributed by atoms with Crippen LogP contribution in [0.5, 0.6) is 5.75 Å². The molecule has 0 aliphatic heterocycles. The van der Waals surface area contributed by atoms with E-state index in [9.17, 15) is 9.18 Å². The minimum absolute atomic E-state index is 0.258. The van der Waals surface area contributed by atoms with E-state index < -0.39 is 0 Å². The number of benzene rings is 3. The van der Waals surface area contributed by atoms with Gasteiger partial charge < -0.3 is 10.1 Å². The fourth-order valence-corrected chi connectivity index (χ4v) is 2.75. The standard InChI is InChI=1S/C22H17FN4O2/c1-29-19-10-2-15(3-11-19)4-13-22(28)24-17-7-12-20-21(14-17)26-27(25-20)18-8-5-16(23)6-9-18/h2-14H,1H3,(H,24,28). The third kappa shape index (κ3) is 4.30. The summed E-state index contributed by atoms with van der Waals surface area (Å²) in [6.45, 7) is 0. The summed E-state index contributed by atoms with van der Waals surface area (Å²) in [6, 6.07) is 18.5. The third-order valence-electron chi connectivity index (χ3n) is 4.25. The summed E-state index contributed by atoms with van der Waals surface area (Å²) in [5.41, 5.74) is 3.43. The van der Waals surface area contributed by atoms with Crippen LogP contribution in [0.25, 0.3) is 22.8 Å². The molecule has 0 atom stereocenters. The largest absolute Gasteiger partial charge is 0.497 e. The molecule has 0 bridgehead atoms. The number of aromatic nitrogens is 3. The second kappa shape index (κ2) is 7.93. The number of carbonyl (C=O) groups excluding carboxylic acids is 1. The Balaban J connectivity index is 1.48. The number of nitrogens with one attached hydrogen (secondary N) is 1. The van der Waals surface area contributed by atoms with E-state index in [0.717, 1.165) is 11.3 Å². The predicted molar refractivity (Wildman–Crippen MR) is 109 cm³/mol. The first kappa shape index (κ1) is 18.4. The fourth-order valence-electron chi connectivity index (χ4n) is 2.75. The molecule has 1 N–H and O–H groups in total. The molecule has 0 fully saturated rings. The summed E-state index contributed by atoms with van der Waals surface area (Å²) >= 11 is 0. The van der Waals surface area contributed by atoms with Gasteiger partial charge in [0.25, 0.3) is 0 Å². The van der Waals surface area contributed by atoms with Gasteiger partial charge in [0.15, 0.2) is 0 Å². The van der Waals surface area contributed by atoms with Crippen LogP contribution in [-0.2, 0) is 4.79 Å². The molecule has 29 heavy (non-hydrogen) atoms. The first-order valence-corrected chi connectivity index (χ1v) is 8.87. The number of halogens is 1. The molecule has 0 spiro atoms. The van der Waals surface area contributed by atoms with E-state index in [0.29, 0.717) is 22.4 Å². The van der Waals surface area contributed by atoms with Crippen molar-refractivity contribution in [3.05, 3.63) is 84.2 Å². The topological polar surface area (TPSA) is 69.0 Å². The number of amides is 1. The van der Waals surface area contributed by atoms with E-state index in [-0.39, 0.29) is 11.7 Å². The van der Waals surface area contributed by atoms with Crippen LogP contribution in [0.1, 0.15) is 5.56 Å². The van der Waals surface area contributed by atoms with Crippen LogP contribution in [0.15, 0.2) is 72.8 Å². The molecule has 0 saturated heterocycles. The molecule has 1 heterocycles. The summed E-state index contributed by atoms with van der Waals surface area (Å²) in [5.74, 6) is 0.179. The molecule has 144 valence electrons. The maximum absolute atomic E-state index is 13.1. The lowest BCUT2D eigenvalue weighted by atomic mass is 10.2. The zero-order valence-corrected chi connectivity index (χ0v) is 15.5. The van der Waals surface area contributed by atoms with Crippen molar-refractivity contribution in [1.29, 1.82) is 0 Å². The van der Waals surface area contributed by atoms with Gasteiger partial charge in [0.05, 0.1) is 12.8 Å². The first-order chi connectivity index (χ1) is 14.1. The first-order valence-electron chi connectivity index (χ1n) is 8.87. The van der Waals surface area contributed by atoms with Crippen LogP contribution < -0.4 is 10.1 Å². The predicted octanol–water partition coefficient (Wildman–Crippen LogP) is 4.22. The number of ether oxygens (including phenoxy) is 1. The van der Waals surface area contributed by atoms with Crippen molar-refractivity contribution in [1.82, 2.24) is 15.0 Å². The van der Waals surface area contributed by atoms with Crippen molar-refractivity contribution in [3.63, 3.8) is 0 Å². The maximum atomic E-state index is 13.1. The second-order valence-electron chi connectivity index (χ2n) is 6.27. The van der Waals surface area contributed by atoms with Crippen molar-refractivity contribution >= 4 is 28.7 Å². The molecular weight excluding hydrogens is 371 g/mol. The van der Waals surface area contributed by atoms with Gasteiger partial charge in [-0.15, -0.1) is 10.2 Å². The van der Waals surface area contributed by atoms with Crippen LogP contribution >= 0.6 is 0 Å². The van der Waals surface area contributed by atoms with Crippen molar-refractivity contribution in [2.45, 2.75) is 0 Å². The lowest BCUT2D eigenvalue weighted by Gasteiger charge is -2.01. The van der Waals surface area contributed by atoms with Crippen LogP contribution in [-0.4, -0.2) is 28.0 Å². The van der Waals surface area contributed by atoms with Gasteiger partial charge in [0.2, 0.25) is 5.91 Å². The van der Waals surface area contributed by atoms with Gasteiger partial charge in [-0.25, -0.2) is 4.39 Å². The summed E-state index contributed by atoms with van der Waals surface area (Å²) in [7, 11) is 1.60. The van der Waals surface area contributed by atoms with Crippen LogP contribution in [0.4, 0.5) is 10.1 Å². The van der Waals surface area contributed by atoms with Gasteiger partial charge in [-0.3, -0.25) is 4.79 Å². The molecule has 0 aliphatic rings. The quantitative estimate of drug-likeness (QED) is 0.520. The smallest absolute Gasteiger partial charge is 0.248 e. The normalized spacial score (nSPS) is 11.1. The molecule has 6 nitrogen and oxygen atoms in total. The van der Waals surface area contributed by atoms with Crippen molar-refractivity contribution in [2.75, 3.05) is 12.4 Å². The number of hydrogen-bond acceptors (Lipinski definition) is 4. The van der Waals surface area contributed by atoms with Gasteiger partial charge in [-0.2, -0.15) is 4.80 Å². The Morgan fingerprint density at radius 2 is 1.72 bits per heavy atom. The lowest BCUT2D eigenvalue weighted by Crippen LogP contribution is -2.07. The Bertz CT molecular complexity index is 1180. The zero-order chi connectivity index (χ0) is 20.2. The van der Waals surface area contributed by atoms with E-state index in [1.165, 1.54) is 23.0 Å². The SMILES string of the molecule is COc1ccc(C=CC(=O)Nc2ccc3nn(-c4ccc(F)cc4)nc3c2)cc1. The molecule has 0 unspecified atom stereocenters. The summed E-state index contributed by atoms with van der Waals surface area (Å²) < 4.78 is 18.2. The molecule has 4 rings (SSSR count). The fraction of sp³-hybridized carbons (Fsp3) is 0.0455. The van der Waals surface area contributed by atoms with E-state index in [2.05, 4.69) is 15.5 Å². The number of rotatable bonds is 5. The van der Waals surface area contributed by atoms with Crippen molar-refractivity contribution in [3.8, 4) is 11.4 Å². The van der Waals surface area contributed by atoms with Crippen LogP contribution in [0, 0.1) is 5.82 Å². The number of nitrogens with zero attached hydrogens (tertiary/aromatic N) is 3. The minimum atomic E-state index is -0.321. The van der Waals surface area contributed by atoms with E-state index >= 15 is 0 Å². The summed E-state index contributed by atoms with van der Waals surface area (Å²) in [4.78, 5) is 13.6. The van der Waals surface area contributed by atoms with E-state index in [1.807, 2.05) is 24.3 Å². The highest BCUT2D eigenvalue weighted by atomic mass is 19.1. The van der Waals surface area contributed by atoms with E-state index in [1.54, 1.807) is 43.5 Å². The number of methoxy groups -OCH3 is 1. The lowest BCUT2D eigenvalue weighted by molar-refractivity contribution is -0.111. The summed E-state index contributed by atoms with van der Waals surface area (Å²) in [5, 5.41) is 11.6. The van der Waals surface area contributed by atoms with Crippen LogP contribution in [0.3, 0.4) is 0 Å². The number of anilines is 1. The Morgan fingerprint density at radius 1 is 1.00 bits per heavy atom. The highest BCUT2D eigenvalue weighted by Crippen LogP contribution is 2.18. The Labute approximate surface area is 166 Å². The molecule has 1 aromatic heterocycles. The molecule has 0 aliphatic carbocycles. The molecule has 7 heteroatoms. The highest BCUT2D eigenvalue weighted by Gasteiger charge is 2.07. The average Bonchev–Trinajstić information content (AvgIpc) is 3.16. The second-order valence-corrected chi connectivity index (χ2v) is 6.27. The Morgan fingerprint density at radius 3 is 2.45 bits per heavy atom. The van der Waals surface area contributed by atoms with Crippen molar-refractivity contribution in [2.24, 2.45) is 0 Å². The molecule has 0 radical (unpaired) electrons. The van der Waals surface area contributed by atoms with Gasteiger partial charge >= 0.3 is 0 Å². The molecule has 3 aromatic carbocycles. The molecule has 1 amide bonds. The number of carbonyl (C=O) groups is 1. The van der Waals surface area contributed by atoms with E-state index in [4.69, 9.17) is 4.74 Å². The molecule has 4 aromatic rings.